The van der Waals surface area contributed by atoms with Crippen molar-refractivity contribution in [2.24, 2.45) is 16.0 Å². The fourth-order valence-corrected chi connectivity index (χ4v) is 6.44. The van der Waals surface area contributed by atoms with Crippen molar-refractivity contribution in [2.75, 3.05) is 24.7 Å². The number of hydrogen-bond donors (Lipinski definition) is 2. The lowest BCUT2D eigenvalue weighted by atomic mass is 9.74. The number of rotatable bonds is 20. The van der Waals surface area contributed by atoms with Crippen molar-refractivity contribution in [3.05, 3.63) is 0 Å². The van der Waals surface area contributed by atoms with E-state index in [-0.39, 0.29) is 22.3 Å². The van der Waals surface area contributed by atoms with Crippen LogP contribution in [0.2, 0.25) is 0 Å². The maximum atomic E-state index is 11.5. The summed E-state index contributed by atoms with van der Waals surface area (Å²) in [6, 6.07) is 0. The zero-order valence-electron chi connectivity index (χ0n) is 20.2. The highest BCUT2D eigenvalue weighted by Crippen LogP contribution is 2.37. The normalized spacial score (nSPS) is 13.6. The largest absolute Gasteiger partial charge is 0.381 e. The summed E-state index contributed by atoms with van der Waals surface area (Å²) in [4.78, 5) is 0. The Morgan fingerprint density at radius 3 is 1.52 bits per heavy atom. The first-order valence-electron chi connectivity index (χ1n) is 11.9. The van der Waals surface area contributed by atoms with E-state index >= 15 is 0 Å². The number of nitrogens with two attached hydrogens (primary N) is 1. The molecule has 0 aliphatic rings. The summed E-state index contributed by atoms with van der Waals surface area (Å²) < 4.78 is 59.7. The molecule has 7 nitrogen and oxygen atoms in total. The summed E-state index contributed by atoms with van der Waals surface area (Å²) >= 11 is 0. The van der Waals surface area contributed by atoms with Crippen LogP contribution in [-0.4, -0.2) is 46.1 Å². The monoisotopic (exact) mass is 485 g/mol. The third-order valence-corrected chi connectivity index (χ3v) is 8.93. The third kappa shape index (κ3) is 14.5. The SMILES string of the molecule is CCC(CC)(CCCCOCCCCC(CC)(CC)CS(N)(=O)=O)CCCS(=O)(=O)O. The fraction of sp³-hybridized carbons (Fsp3) is 1.00. The predicted octanol–water partition coefficient (Wildman–Crippen LogP) is 4.91. The van der Waals surface area contributed by atoms with Crippen LogP contribution in [0.15, 0.2) is 0 Å². The fourth-order valence-electron chi connectivity index (χ4n) is 4.53. The molecular formula is C22H47NO6S2. The first-order valence-corrected chi connectivity index (χ1v) is 15.2. The van der Waals surface area contributed by atoms with Crippen molar-refractivity contribution < 1.29 is 26.1 Å². The molecule has 0 amide bonds. The first-order chi connectivity index (χ1) is 14.4. The van der Waals surface area contributed by atoms with Crippen LogP contribution in [0.5, 0.6) is 0 Å². The molecule has 188 valence electrons. The minimum atomic E-state index is -3.88. The van der Waals surface area contributed by atoms with Gasteiger partial charge in [0.1, 0.15) is 0 Å². The molecule has 0 aromatic heterocycles. The van der Waals surface area contributed by atoms with Gasteiger partial charge in [-0.2, -0.15) is 8.42 Å². The number of ether oxygens (including phenoxy) is 1. The average Bonchev–Trinajstić information content (AvgIpc) is 2.68. The molecule has 3 N–H and O–H groups in total. The highest BCUT2D eigenvalue weighted by atomic mass is 32.2. The topological polar surface area (TPSA) is 124 Å². The van der Waals surface area contributed by atoms with Crippen LogP contribution in [0.4, 0.5) is 0 Å². The third-order valence-electron chi connectivity index (χ3n) is 7.11. The molecule has 0 aromatic rings. The number of sulfonamides is 1. The second-order valence-electron chi connectivity index (χ2n) is 9.14. The summed E-state index contributed by atoms with van der Waals surface area (Å²) in [7, 11) is -7.35. The number of unbranched alkanes of at least 4 members (excludes halogenated alkanes) is 2. The van der Waals surface area contributed by atoms with Crippen molar-refractivity contribution in [1.29, 1.82) is 0 Å². The molecule has 0 heterocycles. The van der Waals surface area contributed by atoms with Gasteiger partial charge in [0.15, 0.2) is 0 Å². The minimum Gasteiger partial charge on any atom is -0.381 e. The summed E-state index contributed by atoms with van der Waals surface area (Å²) in [5.41, 5.74) is -0.0930. The Morgan fingerprint density at radius 2 is 1.13 bits per heavy atom. The van der Waals surface area contributed by atoms with E-state index in [2.05, 4.69) is 13.8 Å². The van der Waals surface area contributed by atoms with Gasteiger partial charge in [0.25, 0.3) is 10.1 Å². The second-order valence-corrected chi connectivity index (χ2v) is 12.3. The predicted molar refractivity (Wildman–Crippen MR) is 128 cm³/mol. The van der Waals surface area contributed by atoms with E-state index in [4.69, 9.17) is 14.4 Å². The van der Waals surface area contributed by atoms with Crippen molar-refractivity contribution in [2.45, 2.75) is 105 Å². The van der Waals surface area contributed by atoms with Crippen LogP contribution < -0.4 is 5.14 Å². The van der Waals surface area contributed by atoms with Crippen LogP contribution >= 0.6 is 0 Å². The van der Waals surface area contributed by atoms with Crippen molar-refractivity contribution in [3.8, 4) is 0 Å². The van der Waals surface area contributed by atoms with E-state index in [9.17, 15) is 16.8 Å². The van der Waals surface area contributed by atoms with Crippen molar-refractivity contribution in [1.82, 2.24) is 0 Å². The molecule has 0 fully saturated rings. The molecular weight excluding hydrogens is 438 g/mol. The standard InChI is InChI=1S/C22H47NO6S2/c1-5-21(6-2,16-13-19-31(26,27)28)14-9-11-17-29-18-12-10-15-22(7-3,8-4)20-30(23,24)25/h5-20H2,1-4H3,(H2,23,24,25)(H,26,27,28). The second kappa shape index (κ2) is 14.8. The van der Waals surface area contributed by atoms with Gasteiger partial charge in [-0.3, -0.25) is 4.55 Å². The lowest BCUT2D eigenvalue weighted by molar-refractivity contribution is 0.116. The summed E-state index contributed by atoms with van der Waals surface area (Å²) in [5, 5.41) is 5.28. The van der Waals surface area contributed by atoms with Gasteiger partial charge in [0.2, 0.25) is 10.0 Å². The van der Waals surface area contributed by atoms with Crippen LogP contribution in [0.1, 0.15) is 105 Å². The van der Waals surface area contributed by atoms with E-state index in [0.717, 1.165) is 70.6 Å². The van der Waals surface area contributed by atoms with Gasteiger partial charge in [-0.05, 0) is 62.2 Å². The molecule has 0 unspecified atom stereocenters. The molecule has 0 aliphatic heterocycles. The van der Waals surface area contributed by atoms with Crippen LogP contribution in [0.25, 0.3) is 0 Å². The molecule has 0 bridgehead atoms. The quantitative estimate of drug-likeness (QED) is 0.186. The van der Waals surface area contributed by atoms with E-state index < -0.39 is 20.1 Å². The molecule has 0 aliphatic carbocycles. The van der Waals surface area contributed by atoms with Gasteiger partial charge < -0.3 is 4.74 Å². The Balaban J connectivity index is 4.12. The molecule has 0 aromatic carbocycles. The Hall–Kier alpha value is -0.220. The molecule has 0 atom stereocenters. The van der Waals surface area contributed by atoms with E-state index in [1.807, 2.05) is 13.8 Å². The van der Waals surface area contributed by atoms with E-state index in [1.54, 1.807) is 0 Å². The Morgan fingerprint density at radius 1 is 0.710 bits per heavy atom. The summed E-state index contributed by atoms with van der Waals surface area (Å²) in [6.07, 6.45) is 10.7. The van der Waals surface area contributed by atoms with Gasteiger partial charge >= 0.3 is 0 Å². The van der Waals surface area contributed by atoms with E-state index in [0.29, 0.717) is 19.6 Å². The smallest absolute Gasteiger partial charge is 0.264 e. The molecule has 0 saturated carbocycles. The average molecular weight is 486 g/mol. The Kier molecular flexibility index (Phi) is 14.7. The lowest BCUT2D eigenvalue weighted by Gasteiger charge is -2.32. The first kappa shape index (κ1) is 30.8. The molecule has 0 radical (unpaired) electrons. The van der Waals surface area contributed by atoms with Crippen molar-refractivity contribution in [3.63, 3.8) is 0 Å². The van der Waals surface area contributed by atoms with Gasteiger partial charge in [-0.25, -0.2) is 13.6 Å². The van der Waals surface area contributed by atoms with Crippen LogP contribution in [-0.2, 0) is 24.9 Å². The van der Waals surface area contributed by atoms with Gasteiger partial charge in [-0.15, -0.1) is 0 Å². The molecule has 0 rings (SSSR count). The highest BCUT2D eigenvalue weighted by Gasteiger charge is 2.30. The van der Waals surface area contributed by atoms with Crippen molar-refractivity contribution >= 4 is 20.1 Å². The van der Waals surface area contributed by atoms with Gasteiger partial charge in [0.05, 0.1) is 11.5 Å². The molecule has 9 heteroatoms. The molecule has 0 saturated heterocycles. The number of hydrogen-bond acceptors (Lipinski definition) is 5. The van der Waals surface area contributed by atoms with Gasteiger partial charge in [-0.1, -0.05) is 53.4 Å². The lowest BCUT2D eigenvalue weighted by Crippen LogP contribution is -2.33. The van der Waals surface area contributed by atoms with E-state index in [1.165, 1.54) is 0 Å². The summed E-state index contributed by atoms with van der Waals surface area (Å²) in [6.45, 7) is 9.74. The zero-order valence-corrected chi connectivity index (χ0v) is 21.8. The maximum absolute atomic E-state index is 11.5. The Labute approximate surface area is 191 Å². The van der Waals surface area contributed by atoms with Crippen LogP contribution in [0, 0.1) is 10.8 Å². The zero-order chi connectivity index (χ0) is 24.0. The molecule has 0 spiro atoms. The maximum Gasteiger partial charge on any atom is 0.264 e. The minimum absolute atomic E-state index is 0.0503. The molecule has 31 heavy (non-hydrogen) atoms. The Bertz CT molecular complexity index is 668. The number of primary sulfonamides is 1. The summed E-state index contributed by atoms with van der Waals surface area (Å²) in [5.74, 6) is -0.110. The highest BCUT2D eigenvalue weighted by molar-refractivity contribution is 7.89. The van der Waals surface area contributed by atoms with Crippen LogP contribution in [0.3, 0.4) is 0 Å². The van der Waals surface area contributed by atoms with Gasteiger partial charge in [0, 0.05) is 13.2 Å².